The zero-order chi connectivity index (χ0) is 12.4. The highest BCUT2D eigenvalue weighted by molar-refractivity contribution is 7.13. The van der Waals surface area contributed by atoms with Crippen molar-refractivity contribution in [2.75, 3.05) is 11.9 Å². The van der Waals surface area contributed by atoms with Crippen LogP contribution >= 0.6 is 11.3 Å². The molecule has 1 aliphatic carbocycles. The van der Waals surface area contributed by atoms with Crippen molar-refractivity contribution in [2.24, 2.45) is 0 Å². The number of hydrogen-bond acceptors (Lipinski definition) is 4. The van der Waals surface area contributed by atoms with E-state index in [1.807, 2.05) is 0 Å². The molecule has 1 unspecified atom stereocenters. The quantitative estimate of drug-likeness (QED) is 0.883. The first-order valence-electron chi connectivity index (χ1n) is 6.82. The monoisotopic (exact) mass is 265 g/mol. The molecule has 0 bridgehead atoms. The molecule has 2 N–H and O–H groups in total. The fourth-order valence-corrected chi connectivity index (χ4v) is 3.15. The number of anilines is 1. The van der Waals surface area contributed by atoms with Crippen LogP contribution in [0.25, 0.3) is 0 Å². The van der Waals surface area contributed by atoms with Gasteiger partial charge in [-0.15, -0.1) is 11.3 Å². The van der Waals surface area contributed by atoms with Gasteiger partial charge in [0, 0.05) is 11.3 Å². The van der Waals surface area contributed by atoms with Crippen molar-refractivity contribution in [1.29, 1.82) is 0 Å². The summed E-state index contributed by atoms with van der Waals surface area (Å²) in [6.45, 7) is 0.948. The first-order chi connectivity index (χ1) is 8.83. The van der Waals surface area contributed by atoms with Crippen molar-refractivity contribution < 1.29 is 4.79 Å². The van der Waals surface area contributed by atoms with Crippen molar-refractivity contribution in [3.63, 3.8) is 0 Å². The summed E-state index contributed by atoms with van der Waals surface area (Å²) in [5.74, 6) is 0.733. The van der Waals surface area contributed by atoms with Crippen LogP contribution in [0.5, 0.6) is 0 Å². The van der Waals surface area contributed by atoms with E-state index in [2.05, 4.69) is 21.0 Å². The molecule has 2 heterocycles. The van der Waals surface area contributed by atoms with Gasteiger partial charge in [-0.05, 0) is 32.2 Å². The Morgan fingerprint density at radius 3 is 3.06 bits per heavy atom. The van der Waals surface area contributed by atoms with Crippen LogP contribution in [0.1, 0.15) is 50.1 Å². The number of amides is 1. The van der Waals surface area contributed by atoms with Gasteiger partial charge >= 0.3 is 0 Å². The Kier molecular flexibility index (Phi) is 3.61. The van der Waals surface area contributed by atoms with E-state index < -0.39 is 0 Å². The summed E-state index contributed by atoms with van der Waals surface area (Å²) < 4.78 is 0. The molecule has 18 heavy (non-hydrogen) atoms. The molecule has 1 atom stereocenters. The molecule has 5 heteroatoms. The van der Waals surface area contributed by atoms with E-state index in [4.69, 9.17) is 0 Å². The third kappa shape index (κ3) is 2.90. The van der Waals surface area contributed by atoms with E-state index >= 15 is 0 Å². The molecule has 1 saturated heterocycles. The fourth-order valence-electron chi connectivity index (χ4n) is 2.36. The first-order valence-corrected chi connectivity index (χ1v) is 7.70. The fraction of sp³-hybridized carbons (Fsp3) is 0.692. The molecule has 0 radical (unpaired) electrons. The second-order valence-corrected chi connectivity index (χ2v) is 6.06. The lowest BCUT2D eigenvalue weighted by atomic mass is 10.1. The van der Waals surface area contributed by atoms with Gasteiger partial charge in [0.05, 0.1) is 11.7 Å². The molecule has 2 fully saturated rings. The lowest BCUT2D eigenvalue weighted by molar-refractivity contribution is -0.118. The Hall–Kier alpha value is -0.940. The van der Waals surface area contributed by atoms with Crippen LogP contribution in [-0.4, -0.2) is 23.5 Å². The molecule has 98 valence electrons. The molecule has 1 amide bonds. The zero-order valence-corrected chi connectivity index (χ0v) is 11.3. The molecule has 3 rings (SSSR count). The smallest absolute Gasteiger partial charge is 0.243 e. The van der Waals surface area contributed by atoms with Crippen LogP contribution in [0.15, 0.2) is 5.38 Å². The van der Waals surface area contributed by atoms with Crippen molar-refractivity contribution in [3.05, 3.63) is 11.1 Å². The van der Waals surface area contributed by atoms with Gasteiger partial charge < -0.3 is 10.6 Å². The van der Waals surface area contributed by atoms with Gasteiger partial charge in [-0.2, -0.15) is 0 Å². The van der Waals surface area contributed by atoms with Gasteiger partial charge in [-0.3, -0.25) is 4.79 Å². The number of nitrogens with one attached hydrogen (secondary N) is 2. The van der Waals surface area contributed by atoms with Crippen molar-refractivity contribution >= 4 is 22.4 Å². The molecule has 0 aromatic carbocycles. The minimum atomic E-state index is -0.0409. The number of rotatable bonds is 3. The third-order valence-electron chi connectivity index (χ3n) is 3.62. The molecule has 1 aliphatic heterocycles. The highest BCUT2D eigenvalue weighted by Crippen LogP contribution is 2.40. The second kappa shape index (κ2) is 5.36. The summed E-state index contributed by atoms with van der Waals surface area (Å²) in [6.07, 6.45) is 6.97. The average molecular weight is 265 g/mol. The van der Waals surface area contributed by atoms with Gasteiger partial charge in [-0.1, -0.05) is 12.8 Å². The number of carbonyl (C=O) groups excluding carboxylic acids is 1. The van der Waals surface area contributed by atoms with E-state index in [0.717, 1.165) is 30.2 Å². The number of nitrogens with zero attached hydrogens (tertiary/aromatic N) is 1. The largest absolute Gasteiger partial charge is 0.306 e. The predicted molar refractivity (Wildman–Crippen MR) is 73.0 cm³/mol. The molecule has 4 nitrogen and oxygen atoms in total. The summed E-state index contributed by atoms with van der Waals surface area (Å²) in [6, 6.07) is -0.0409. The summed E-state index contributed by atoms with van der Waals surface area (Å²) in [5, 5.41) is 9.09. The first kappa shape index (κ1) is 12.1. The second-order valence-electron chi connectivity index (χ2n) is 5.20. The van der Waals surface area contributed by atoms with Crippen LogP contribution in [-0.2, 0) is 4.79 Å². The van der Waals surface area contributed by atoms with E-state index in [9.17, 15) is 4.79 Å². The maximum Gasteiger partial charge on any atom is 0.243 e. The van der Waals surface area contributed by atoms with Crippen molar-refractivity contribution in [2.45, 2.75) is 50.5 Å². The summed E-state index contributed by atoms with van der Waals surface area (Å²) in [5.41, 5.74) is 1.16. The van der Waals surface area contributed by atoms with Crippen LogP contribution in [0.2, 0.25) is 0 Å². The Bertz CT molecular complexity index is 420. The van der Waals surface area contributed by atoms with Gasteiger partial charge in [0.15, 0.2) is 5.13 Å². The van der Waals surface area contributed by atoms with Gasteiger partial charge in [-0.25, -0.2) is 4.98 Å². The molecule has 1 saturated carbocycles. The van der Waals surface area contributed by atoms with E-state index in [1.165, 1.54) is 25.7 Å². The van der Waals surface area contributed by atoms with Crippen LogP contribution in [0, 0.1) is 0 Å². The standard InChI is InChI=1S/C13H19N3OS/c17-12(10-4-2-1-3-7-14-10)16-13-15-11(8-18-13)9-5-6-9/h8-10,14H,1-7H2,(H,15,16,17). The highest BCUT2D eigenvalue weighted by atomic mass is 32.1. The summed E-state index contributed by atoms with van der Waals surface area (Å²) in [7, 11) is 0. The predicted octanol–water partition coefficient (Wildman–Crippen LogP) is 2.49. The van der Waals surface area contributed by atoms with Gasteiger partial charge in [0.1, 0.15) is 0 Å². The van der Waals surface area contributed by atoms with Crippen LogP contribution in [0.4, 0.5) is 5.13 Å². The van der Waals surface area contributed by atoms with E-state index in [1.54, 1.807) is 11.3 Å². The summed E-state index contributed by atoms with van der Waals surface area (Å²) >= 11 is 1.54. The molecule has 1 aromatic heterocycles. The maximum atomic E-state index is 12.1. The lowest BCUT2D eigenvalue weighted by Gasteiger charge is -2.14. The Morgan fingerprint density at radius 1 is 1.33 bits per heavy atom. The molecule has 2 aliphatic rings. The van der Waals surface area contributed by atoms with Crippen LogP contribution in [0.3, 0.4) is 0 Å². The molecular weight excluding hydrogens is 246 g/mol. The van der Waals surface area contributed by atoms with Gasteiger partial charge in [0.25, 0.3) is 0 Å². The molecule has 1 aromatic rings. The minimum absolute atomic E-state index is 0.0409. The number of thiazole rings is 1. The number of aromatic nitrogens is 1. The van der Waals surface area contributed by atoms with Crippen molar-refractivity contribution in [3.8, 4) is 0 Å². The normalized spacial score (nSPS) is 24.6. The number of carbonyl (C=O) groups is 1. The summed E-state index contributed by atoms with van der Waals surface area (Å²) in [4.78, 5) is 16.6. The minimum Gasteiger partial charge on any atom is -0.306 e. The Labute approximate surface area is 111 Å². The molecule has 0 spiro atoms. The van der Waals surface area contributed by atoms with E-state index in [0.29, 0.717) is 5.92 Å². The highest BCUT2D eigenvalue weighted by Gasteiger charge is 2.27. The SMILES string of the molecule is O=C(Nc1nc(C2CC2)cs1)C1CCCCCN1. The Morgan fingerprint density at radius 2 is 2.22 bits per heavy atom. The topological polar surface area (TPSA) is 54.0 Å². The van der Waals surface area contributed by atoms with E-state index in [-0.39, 0.29) is 11.9 Å². The average Bonchev–Trinajstić information content (AvgIpc) is 3.16. The van der Waals surface area contributed by atoms with Crippen LogP contribution < -0.4 is 10.6 Å². The zero-order valence-electron chi connectivity index (χ0n) is 10.4. The third-order valence-corrected chi connectivity index (χ3v) is 4.40. The molecular formula is C13H19N3OS. The number of hydrogen-bond donors (Lipinski definition) is 2. The van der Waals surface area contributed by atoms with Crippen molar-refractivity contribution in [1.82, 2.24) is 10.3 Å². The Balaban J connectivity index is 1.58. The van der Waals surface area contributed by atoms with Gasteiger partial charge in [0.2, 0.25) is 5.91 Å². The lowest BCUT2D eigenvalue weighted by Crippen LogP contribution is -2.39. The maximum absolute atomic E-state index is 12.1.